The second-order valence-electron chi connectivity index (χ2n) is 6.67. The minimum atomic E-state index is -0.952. The molecule has 1 aromatic rings. The highest BCUT2D eigenvalue weighted by atomic mass is 16.5. The molecule has 0 saturated carbocycles. The van der Waals surface area contributed by atoms with Crippen LogP contribution in [-0.2, 0) is 14.9 Å². The molecule has 0 radical (unpaired) electrons. The van der Waals surface area contributed by atoms with Gasteiger partial charge in [-0.15, -0.1) is 0 Å². The first-order valence-electron chi connectivity index (χ1n) is 8.37. The Bertz CT molecular complexity index is 650. The van der Waals surface area contributed by atoms with E-state index >= 15 is 0 Å². The molecule has 1 N–H and O–H groups in total. The third kappa shape index (κ3) is 2.70. The number of ether oxygens (including phenoxy) is 1. The molecular weight excluding hydrogens is 308 g/mol. The van der Waals surface area contributed by atoms with Crippen LogP contribution in [0.3, 0.4) is 0 Å². The van der Waals surface area contributed by atoms with Crippen LogP contribution in [-0.4, -0.2) is 62.3 Å². The number of amides is 1. The average molecular weight is 332 g/mol. The van der Waals surface area contributed by atoms with Crippen molar-refractivity contribution >= 4 is 17.6 Å². The van der Waals surface area contributed by atoms with Gasteiger partial charge >= 0.3 is 5.97 Å². The number of hydrogen-bond acceptors (Lipinski definition) is 4. The second kappa shape index (κ2) is 6.53. The topological polar surface area (TPSA) is 70.1 Å². The third-order valence-corrected chi connectivity index (χ3v) is 5.37. The second-order valence-corrected chi connectivity index (χ2v) is 6.67. The number of anilines is 1. The zero-order chi connectivity index (χ0) is 17.3. The summed E-state index contributed by atoms with van der Waals surface area (Å²) in [5.74, 6) is -0.858. The molecule has 0 atom stereocenters. The van der Waals surface area contributed by atoms with Gasteiger partial charge in [0.05, 0.1) is 11.0 Å². The van der Waals surface area contributed by atoms with Crippen molar-refractivity contribution < 1.29 is 19.4 Å². The molecule has 24 heavy (non-hydrogen) atoms. The number of carboxylic acids is 1. The molecule has 130 valence electrons. The summed E-state index contributed by atoms with van der Waals surface area (Å²) in [7, 11) is 3.48. The van der Waals surface area contributed by atoms with Crippen LogP contribution in [0.1, 0.15) is 35.2 Å². The zero-order valence-corrected chi connectivity index (χ0v) is 14.2. The Balaban J connectivity index is 1.83. The van der Waals surface area contributed by atoms with Gasteiger partial charge in [-0.25, -0.2) is 4.79 Å². The van der Waals surface area contributed by atoms with E-state index in [1.54, 1.807) is 37.3 Å². The van der Waals surface area contributed by atoms with Gasteiger partial charge in [0.25, 0.3) is 0 Å². The van der Waals surface area contributed by atoms with Crippen LogP contribution in [0, 0.1) is 0 Å². The van der Waals surface area contributed by atoms with Crippen molar-refractivity contribution in [1.29, 1.82) is 0 Å². The van der Waals surface area contributed by atoms with Crippen molar-refractivity contribution in [2.24, 2.45) is 0 Å². The van der Waals surface area contributed by atoms with Gasteiger partial charge in [-0.1, -0.05) is 0 Å². The lowest BCUT2D eigenvalue weighted by Crippen LogP contribution is -2.48. The van der Waals surface area contributed by atoms with Crippen molar-refractivity contribution in [3.63, 3.8) is 0 Å². The molecule has 2 heterocycles. The highest BCUT2D eigenvalue weighted by Gasteiger charge is 2.51. The maximum Gasteiger partial charge on any atom is 0.335 e. The fraction of sp³-hybridized carbons (Fsp3) is 0.556. The van der Waals surface area contributed by atoms with E-state index in [1.165, 1.54) is 0 Å². The van der Waals surface area contributed by atoms with Crippen LogP contribution in [0.5, 0.6) is 0 Å². The monoisotopic (exact) mass is 332 g/mol. The van der Waals surface area contributed by atoms with E-state index in [1.807, 2.05) is 0 Å². The molecule has 1 saturated heterocycles. The largest absolute Gasteiger partial charge is 0.478 e. The van der Waals surface area contributed by atoms with Crippen molar-refractivity contribution in [3.8, 4) is 0 Å². The Morgan fingerprint density at radius 1 is 1.33 bits per heavy atom. The number of carbonyl (C=O) groups excluding carboxylic acids is 1. The molecule has 6 nitrogen and oxygen atoms in total. The molecular formula is C18H24N2O4. The number of likely N-dealkylation sites (tertiary alicyclic amines) is 1. The molecule has 0 aliphatic carbocycles. The number of carbonyl (C=O) groups is 2. The summed E-state index contributed by atoms with van der Waals surface area (Å²) in [6.07, 6.45) is 2.45. The summed E-state index contributed by atoms with van der Waals surface area (Å²) in [5.41, 5.74) is 1.41. The van der Waals surface area contributed by atoms with Crippen LogP contribution in [0.2, 0.25) is 0 Å². The summed E-state index contributed by atoms with van der Waals surface area (Å²) in [5, 5.41) is 9.28. The number of aromatic carboxylic acids is 1. The smallest absolute Gasteiger partial charge is 0.335 e. The van der Waals surface area contributed by atoms with Crippen LogP contribution in [0.25, 0.3) is 0 Å². The molecule has 0 unspecified atom stereocenters. The standard InChI is InChI=1S/C18H24N2O4/c1-19-15-5-4-13(16(21)22)12-14(15)18(17(19)23)6-9-20(10-7-18)8-3-11-24-2/h4-5,12H,3,6-11H2,1-2H3,(H,21,22). The van der Waals surface area contributed by atoms with E-state index < -0.39 is 11.4 Å². The highest BCUT2D eigenvalue weighted by Crippen LogP contribution is 2.47. The number of hydrogen-bond donors (Lipinski definition) is 1. The number of fused-ring (bicyclic) bond motifs is 2. The summed E-state index contributed by atoms with van der Waals surface area (Å²) in [4.78, 5) is 28.3. The van der Waals surface area contributed by atoms with E-state index in [0.29, 0.717) is 0 Å². The lowest BCUT2D eigenvalue weighted by molar-refractivity contribution is -0.124. The first-order valence-corrected chi connectivity index (χ1v) is 8.37. The Hall–Kier alpha value is -1.92. The summed E-state index contributed by atoms with van der Waals surface area (Å²) in [6.45, 7) is 3.41. The first kappa shape index (κ1) is 16.9. The maximum atomic E-state index is 12.9. The molecule has 0 bridgehead atoms. The summed E-state index contributed by atoms with van der Waals surface area (Å²) >= 11 is 0. The minimum Gasteiger partial charge on any atom is -0.478 e. The van der Waals surface area contributed by atoms with Crippen molar-refractivity contribution in [1.82, 2.24) is 4.90 Å². The average Bonchev–Trinajstić information content (AvgIpc) is 2.79. The number of piperidine rings is 1. The fourth-order valence-electron chi connectivity index (χ4n) is 3.96. The van der Waals surface area contributed by atoms with Crippen molar-refractivity contribution in [2.75, 3.05) is 45.3 Å². The van der Waals surface area contributed by atoms with Gasteiger partial charge < -0.3 is 19.6 Å². The first-order chi connectivity index (χ1) is 11.5. The van der Waals surface area contributed by atoms with Gasteiger partial charge in [0.2, 0.25) is 5.91 Å². The SMILES string of the molecule is COCCCN1CCC2(CC1)C(=O)N(C)c1ccc(C(=O)O)cc12. The molecule has 1 fully saturated rings. The highest BCUT2D eigenvalue weighted by molar-refractivity contribution is 6.08. The van der Waals surface area contributed by atoms with E-state index in [2.05, 4.69) is 4.90 Å². The van der Waals surface area contributed by atoms with Crippen LogP contribution >= 0.6 is 0 Å². The number of likely N-dealkylation sites (N-methyl/N-ethyl adjacent to an activating group) is 1. The summed E-state index contributed by atoms with van der Waals surface area (Å²) in [6, 6.07) is 5.03. The third-order valence-electron chi connectivity index (χ3n) is 5.37. The van der Waals surface area contributed by atoms with Gasteiger partial charge in [0.15, 0.2) is 0 Å². The molecule has 1 amide bonds. The molecule has 2 aliphatic rings. The van der Waals surface area contributed by atoms with Gasteiger partial charge in [-0.3, -0.25) is 4.79 Å². The zero-order valence-electron chi connectivity index (χ0n) is 14.2. The Morgan fingerprint density at radius 3 is 2.67 bits per heavy atom. The molecule has 1 spiro atoms. The van der Waals surface area contributed by atoms with Gasteiger partial charge in [-0.2, -0.15) is 0 Å². The van der Waals surface area contributed by atoms with E-state index in [-0.39, 0.29) is 11.5 Å². The number of benzene rings is 1. The van der Waals surface area contributed by atoms with Crippen LogP contribution < -0.4 is 4.90 Å². The molecule has 0 aromatic heterocycles. The molecule has 2 aliphatic heterocycles. The Labute approximate surface area is 142 Å². The van der Waals surface area contributed by atoms with E-state index in [0.717, 1.165) is 56.8 Å². The minimum absolute atomic E-state index is 0.0941. The van der Waals surface area contributed by atoms with Crippen LogP contribution in [0.4, 0.5) is 5.69 Å². The quantitative estimate of drug-likeness (QED) is 0.832. The van der Waals surface area contributed by atoms with Crippen LogP contribution in [0.15, 0.2) is 18.2 Å². The number of carboxylic acid groups (broad SMARTS) is 1. The van der Waals surface area contributed by atoms with Gasteiger partial charge in [0.1, 0.15) is 0 Å². The fourth-order valence-corrected chi connectivity index (χ4v) is 3.96. The Kier molecular flexibility index (Phi) is 4.60. The molecule has 3 rings (SSSR count). The van der Waals surface area contributed by atoms with E-state index in [4.69, 9.17) is 4.74 Å². The number of rotatable bonds is 5. The lowest BCUT2D eigenvalue weighted by Gasteiger charge is -2.38. The maximum absolute atomic E-state index is 12.9. The van der Waals surface area contributed by atoms with Crippen molar-refractivity contribution in [2.45, 2.75) is 24.7 Å². The van der Waals surface area contributed by atoms with Gasteiger partial charge in [0, 0.05) is 33.0 Å². The molecule has 6 heteroatoms. The predicted molar refractivity (Wildman–Crippen MR) is 90.7 cm³/mol. The number of nitrogens with zero attached hydrogens (tertiary/aromatic N) is 2. The lowest BCUT2D eigenvalue weighted by atomic mass is 9.73. The van der Waals surface area contributed by atoms with Crippen molar-refractivity contribution in [3.05, 3.63) is 29.3 Å². The van der Waals surface area contributed by atoms with Gasteiger partial charge in [-0.05, 0) is 56.1 Å². The Morgan fingerprint density at radius 2 is 2.04 bits per heavy atom. The predicted octanol–water partition coefficient (Wildman–Crippen LogP) is 1.73. The normalized spacial score (nSPS) is 19.8. The summed E-state index contributed by atoms with van der Waals surface area (Å²) < 4.78 is 5.10. The number of methoxy groups -OCH3 is 1. The molecule has 1 aromatic carbocycles. The van der Waals surface area contributed by atoms with E-state index in [9.17, 15) is 14.7 Å².